The third-order valence-corrected chi connectivity index (χ3v) is 10.5. The number of allylic oxidation sites excluding steroid dienone is 3. The van der Waals surface area contributed by atoms with Crippen molar-refractivity contribution >= 4 is 40.3 Å². The summed E-state index contributed by atoms with van der Waals surface area (Å²) in [4.78, 5) is 0. The molecule has 0 fully saturated rings. The summed E-state index contributed by atoms with van der Waals surface area (Å²) >= 11 is 0.623. The molecule has 1 aliphatic rings. The van der Waals surface area contributed by atoms with Crippen molar-refractivity contribution in [1.82, 2.24) is 0 Å². The molecule has 0 amide bonds. The van der Waals surface area contributed by atoms with Gasteiger partial charge in [-0.25, -0.2) is 0 Å². The van der Waals surface area contributed by atoms with E-state index in [1.165, 1.54) is 43.0 Å². The first-order valence-electron chi connectivity index (χ1n) is 7.65. The maximum atomic E-state index is 2.59. The SMILES string of the molecule is CCCC[Te]/C(=C/C1=CCCCC1)[Se]c1ccccc1. The Morgan fingerprint density at radius 1 is 1.25 bits per heavy atom. The van der Waals surface area contributed by atoms with Gasteiger partial charge in [0.05, 0.1) is 0 Å². The fourth-order valence-corrected chi connectivity index (χ4v) is 9.79. The number of unbranched alkanes of at least 4 members (excludes halogenated alkanes) is 1. The van der Waals surface area contributed by atoms with Crippen molar-refractivity contribution < 1.29 is 0 Å². The Hall–Kier alpha value is 0.00909. The van der Waals surface area contributed by atoms with Crippen LogP contribution in [0.5, 0.6) is 0 Å². The van der Waals surface area contributed by atoms with E-state index in [-0.39, 0.29) is 20.9 Å². The minimum absolute atomic E-state index is 0.0579. The van der Waals surface area contributed by atoms with Gasteiger partial charge in [0.2, 0.25) is 0 Å². The Morgan fingerprint density at radius 2 is 2.10 bits per heavy atom. The standard InChI is InChI=1S/C18H24SeTe/c1-2-3-14-20-18(15-16-10-6-4-7-11-16)19-17-12-8-5-9-13-17/h5,8-10,12-13,15H,2-4,6-7,11,14H2,1H3/b18-15+. The van der Waals surface area contributed by atoms with E-state index in [1.54, 1.807) is 10.0 Å². The summed E-state index contributed by atoms with van der Waals surface area (Å²) in [6, 6.07) is 11.1. The first kappa shape index (κ1) is 16.4. The normalized spacial score (nSPS) is 16.1. The van der Waals surface area contributed by atoms with Crippen molar-refractivity contribution in [3.63, 3.8) is 0 Å². The van der Waals surface area contributed by atoms with Crippen LogP contribution >= 0.6 is 0 Å². The first-order chi connectivity index (χ1) is 9.88. The molecule has 20 heavy (non-hydrogen) atoms. The van der Waals surface area contributed by atoms with E-state index in [0.717, 1.165) is 0 Å². The average Bonchev–Trinajstić information content (AvgIpc) is 2.49. The summed E-state index contributed by atoms with van der Waals surface area (Å²) < 4.78 is 4.84. The van der Waals surface area contributed by atoms with Gasteiger partial charge in [0, 0.05) is 0 Å². The molecule has 2 rings (SSSR count). The van der Waals surface area contributed by atoms with Crippen LogP contribution in [-0.2, 0) is 0 Å². The molecule has 0 spiro atoms. The summed E-state index contributed by atoms with van der Waals surface area (Å²) in [5, 5.41) is 0. The Balaban J connectivity index is 2.03. The van der Waals surface area contributed by atoms with Crippen LogP contribution in [0.15, 0.2) is 50.6 Å². The molecule has 1 aromatic rings. The summed E-state index contributed by atoms with van der Waals surface area (Å²) in [6.45, 7) is 2.31. The van der Waals surface area contributed by atoms with Gasteiger partial charge in [-0.3, -0.25) is 0 Å². The number of benzene rings is 1. The second kappa shape index (κ2) is 9.86. The second-order valence-electron chi connectivity index (χ2n) is 5.11. The van der Waals surface area contributed by atoms with E-state index in [1.807, 2.05) is 2.52 Å². The molecule has 1 aliphatic carbocycles. The van der Waals surface area contributed by atoms with Gasteiger partial charge < -0.3 is 0 Å². The van der Waals surface area contributed by atoms with Crippen molar-refractivity contribution in [1.29, 1.82) is 0 Å². The molecule has 0 heterocycles. The van der Waals surface area contributed by atoms with Crippen LogP contribution in [0.1, 0.15) is 45.4 Å². The van der Waals surface area contributed by atoms with Gasteiger partial charge in [-0.2, -0.15) is 0 Å². The molecule has 0 saturated carbocycles. The summed E-state index contributed by atoms with van der Waals surface area (Å²) in [5.74, 6) is 0. The van der Waals surface area contributed by atoms with E-state index in [4.69, 9.17) is 0 Å². The number of hydrogen-bond acceptors (Lipinski definition) is 0. The van der Waals surface area contributed by atoms with Crippen molar-refractivity contribution in [2.75, 3.05) is 0 Å². The molecular weight excluding hydrogens is 423 g/mol. The fraction of sp³-hybridized carbons (Fsp3) is 0.444. The molecule has 0 bridgehead atoms. The van der Waals surface area contributed by atoms with Crippen molar-refractivity contribution in [2.45, 2.75) is 49.9 Å². The Kier molecular flexibility index (Phi) is 8.07. The molecule has 0 aromatic heterocycles. The van der Waals surface area contributed by atoms with Crippen LogP contribution < -0.4 is 4.46 Å². The van der Waals surface area contributed by atoms with Crippen molar-refractivity contribution in [3.8, 4) is 0 Å². The fourth-order valence-electron chi connectivity index (χ4n) is 2.17. The van der Waals surface area contributed by atoms with Gasteiger partial charge >= 0.3 is 141 Å². The van der Waals surface area contributed by atoms with E-state index < -0.39 is 0 Å². The monoisotopic (exact) mass is 450 g/mol. The van der Waals surface area contributed by atoms with Crippen LogP contribution in [0.4, 0.5) is 0 Å². The van der Waals surface area contributed by atoms with Gasteiger partial charge in [-0.05, 0) is 0 Å². The number of hydrogen-bond donors (Lipinski definition) is 0. The van der Waals surface area contributed by atoms with Gasteiger partial charge in [0.1, 0.15) is 0 Å². The van der Waals surface area contributed by atoms with E-state index >= 15 is 0 Å². The van der Waals surface area contributed by atoms with Crippen LogP contribution in [-0.4, -0.2) is 35.9 Å². The molecule has 1 aromatic carbocycles. The topological polar surface area (TPSA) is 0 Å². The minimum atomic E-state index is 0.0579. The Labute approximate surface area is 140 Å². The quantitative estimate of drug-likeness (QED) is 0.433. The van der Waals surface area contributed by atoms with Crippen LogP contribution in [0, 0.1) is 0 Å². The molecular formula is C18H24SeTe. The van der Waals surface area contributed by atoms with Gasteiger partial charge in [0.15, 0.2) is 0 Å². The maximum absolute atomic E-state index is 2.59. The number of rotatable bonds is 7. The summed E-state index contributed by atoms with van der Waals surface area (Å²) in [5.41, 5.74) is 1.63. The molecule has 0 saturated heterocycles. The molecule has 0 radical (unpaired) electrons. The zero-order valence-corrected chi connectivity index (χ0v) is 16.4. The zero-order valence-electron chi connectivity index (χ0n) is 12.3. The third kappa shape index (κ3) is 6.19. The predicted molar refractivity (Wildman–Crippen MR) is 91.9 cm³/mol. The molecule has 0 aliphatic heterocycles. The Bertz CT molecular complexity index is 448. The van der Waals surface area contributed by atoms with Gasteiger partial charge in [-0.15, -0.1) is 0 Å². The Morgan fingerprint density at radius 3 is 2.80 bits per heavy atom. The summed E-state index contributed by atoms with van der Waals surface area (Å²) in [7, 11) is 0. The molecule has 108 valence electrons. The zero-order chi connectivity index (χ0) is 14.0. The first-order valence-corrected chi connectivity index (χ1v) is 12.2. The van der Waals surface area contributed by atoms with Gasteiger partial charge in [0.25, 0.3) is 0 Å². The molecule has 0 atom stereocenters. The molecule has 0 N–H and O–H groups in total. The van der Waals surface area contributed by atoms with Crippen LogP contribution in [0.3, 0.4) is 0 Å². The predicted octanol–water partition coefficient (Wildman–Crippen LogP) is 4.28. The van der Waals surface area contributed by atoms with E-state index in [2.05, 4.69) is 49.4 Å². The summed E-state index contributed by atoms with van der Waals surface area (Å²) in [6.07, 6.45) is 13.2. The van der Waals surface area contributed by atoms with E-state index in [9.17, 15) is 0 Å². The van der Waals surface area contributed by atoms with Crippen LogP contribution in [0.2, 0.25) is 4.47 Å². The third-order valence-electron chi connectivity index (χ3n) is 3.33. The second-order valence-corrected chi connectivity index (χ2v) is 12.5. The molecule has 0 unspecified atom stereocenters. The van der Waals surface area contributed by atoms with Crippen molar-refractivity contribution in [2.24, 2.45) is 0 Å². The molecule has 2 heteroatoms. The molecule has 0 nitrogen and oxygen atoms in total. The van der Waals surface area contributed by atoms with Crippen molar-refractivity contribution in [3.05, 3.63) is 50.6 Å². The van der Waals surface area contributed by atoms with Gasteiger partial charge in [-0.1, -0.05) is 0 Å². The van der Waals surface area contributed by atoms with Crippen LogP contribution in [0.25, 0.3) is 0 Å². The average molecular weight is 447 g/mol. The van der Waals surface area contributed by atoms with E-state index in [0.29, 0.717) is 15.0 Å².